The molecule has 0 aliphatic heterocycles. The Balaban J connectivity index is 2.04. The van der Waals surface area contributed by atoms with Crippen LogP contribution in [0.2, 0.25) is 0 Å². The Bertz CT molecular complexity index is 904. The average Bonchev–Trinajstić information content (AvgIpc) is 3.07. The minimum atomic E-state index is 0.0959. The molecule has 3 aromatic heterocycles. The minimum Gasteiger partial charge on any atom is -0.363 e. The number of nitrogens with one attached hydrogen (secondary N) is 1. The van der Waals surface area contributed by atoms with Crippen molar-refractivity contribution in [2.75, 3.05) is 5.32 Å². The van der Waals surface area contributed by atoms with Crippen LogP contribution in [0.1, 0.15) is 62.4 Å². The first-order valence-electron chi connectivity index (χ1n) is 8.83. The molecule has 0 aromatic carbocycles. The van der Waals surface area contributed by atoms with Crippen LogP contribution in [0.25, 0.3) is 11.0 Å². The van der Waals surface area contributed by atoms with Gasteiger partial charge in [-0.1, -0.05) is 13.8 Å². The molecule has 3 aromatic rings. The summed E-state index contributed by atoms with van der Waals surface area (Å²) in [6.45, 7) is 13.5. The Hall–Kier alpha value is -2.44. The highest BCUT2D eigenvalue weighted by molar-refractivity contribution is 5.86. The van der Waals surface area contributed by atoms with E-state index in [1.54, 1.807) is 4.68 Å². The summed E-state index contributed by atoms with van der Waals surface area (Å²) in [5.41, 5.74) is 4.33. The van der Waals surface area contributed by atoms with Crippen molar-refractivity contribution in [3.63, 3.8) is 0 Å². The van der Waals surface area contributed by atoms with Crippen LogP contribution >= 0.6 is 0 Å². The molecular formula is C18H27N7. The van der Waals surface area contributed by atoms with E-state index in [1.165, 1.54) is 11.3 Å². The monoisotopic (exact) mass is 341 g/mol. The highest BCUT2D eigenvalue weighted by Crippen LogP contribution is 2.28. The Labute approximate surface area is 148 Å². The van der Waals surface area contributed by atoms with Gasteiger partial charge in [-0.3, -0.25) is 9.36 Å². The molecule has 0 saturated carbocycles. The zero-order valence-electron chi connectivity index (χ0n) is 16.1. The number of rotatable bonds is 5. The van der Waals surface area contributed by atoms with Crippen LogP contribution in [0.15, 0.2) is 6.20 Å². The lowest BCUT2D eigenvalue weighted by molar-refractivity contribution is 0.632. The van der Waals surface area contributed by atoms with Crippen molar-refractivity contribution in [3.8, 4) is 0 Å². The largest absolute Gasteiger partial charge is 0.363 e. The quantitative estimate of drug-likeness (QED) is 0.769. The summed E-state index contributed by atoms with van der Waals surface area (Å²) in [4.78, 5) is 9.42. The van der Waals surface area contributed by atoms with Crippen molar-refractivity contribution in [3.05, 3.63) is 29.0 Å². The van der Waals surface area contributed by atoms with Crippen molar-refractivity contribution in [2.45, 2.75) is 60.0 Å². The summed E-state index contributed by atoms with van der Waals surface area (Å²) >= 11 is 0. The van der Waals surface area contributed by atoms with Gasteiger partial charge in [0, 0.05) is 30.8 Å². The first kappa shape index (κ1) is 17.4. The van der Waals surface area contributed by atoms with Gasteiger partial charge in [0.25, 0.3) is 0 Å². The molecule has 0 saturated heterocycles. The van der Waals surface area contributed by atoms with Gasteiger partial charge in [0.15, 0.2) is 5.65 Å². The lowest BCUT2D eigenvalue weighted by atomic mass is 10.1. The SMILES string of the molecule is CCn1nc(C)c(C(C)Nc2nc(C(C)C)nc3c2cnn3C)c1C. The number of nitrogens with zero attached hydrogens (tertiary/aromatic N) is 6. The smallest absolute Gasteiger partial charge is 0.163 e. The molecule has 7 heteroatoms. The second-order valence-corrected chi connectivity index (χ2v) is 6.86. The third kappa shape index (κ3) is 2.99. The summed E-state index contributed by atoms with van der Waals surface area (Å²) in [6, 6.07) is 0.0959. The van der Waals surface area contributed by atoms with Crippen molar-refractivity contribution in [1.29, 1.82) is 0 Å². The molecule has 1 N–H and O–H groups in total. The summed E-state index contributed by atoms with van der Waals surface area (Å²) in [5, 5.41) is 13.5. The summed E-state index contributed by atoms with van der Waals surface area (Å²) < 4.78 is 3.84. The molecule has 134 valence electrons. The molecule has 3 heterocycles. The van der Waals surface area contributed by atoms with E-state index < -0.39 is 0 Å². The van der Waals surface area contributed by atoms with Crippen LogP contribution < -0.4 is 5.32 Å². The molecule has 1 unspecified atom stereocenters. The number of hydrogen-bond donors (Lipinski definition) is 1. The third-order valence-electron chi connectivity index (χ3n) is 4.65. The van der Waals surface area contributed by atoms with Gasteiger partial charge < -0.3 is 5.32 Å². The molecule has 25 heavy (non-hydrogen) atoms. The van der Waals surface area contributed by atoms with E-state index in [0.29, 0.717) is 0 Å². The molecule has 7 nitrogen and oxygen atoms in total. The standard InChI is InChI=1S/C18H27N7/c1-8-25-13(6)15(12(5)23-25)11(4)20-17-14-9-19-24(7)18(14)22-16(21-17)10(2)3/h9-11H,8H2,1-7H3,(H,20,21,22). The molecule has 1 atom stereocenters. The topological polar surface area (TPSA) is 73.5 Å². The second-order valence-electron chi connectivity index (χ2n) is 6.86. The molecular weight excluding hydrogens is 314 g/mol. The first-order valence-corrected chi connectivity index (χ1v) is 8.83. The second kappa shape index (κ2) is 6.46. The number of aromatic nitrogens is 6. The summed E-state index contributed by atoms with van der Waals surface area (Å²) in [5.74, 6) is 1.90. The van der Waals surface area contributed by atoms with Crippen LogP contribution in [0.4, 0.5) is 5.82 Å². The maximum absolute atomic E-state index is 4.76. The van der Waals surface area contributed by atoms with Crippen molar-refractivity contribution < 1.29 is 0 Å². The Kier molecular flexibility index (Phi) is 4.49. The van der Waals surface area contributed by atoms with Crippen LogP contribution in [-0.2, 0) is 13.6 Å². The number of aryl methyl sites for hydroxylation is 3. The van der Waals surface area contributed by atoms with E-state index in [-0.39, 0.29) is 12.0 Å². The molecule has 0 bridgehead atoms. The van der Waals surface area contributed by atoms with Gasteiger partial charge in [-0.15, -0.1) is 0 Å². The van der Waals surface area contributed by atoms with Gasteiger partial charge in [-0.05, 0) is 27.7 Å². The van der Waals surface area contributed by atoms with Crippen LogP contribution in [0.3, 0.4) is 0 Å². The van der Waals surface area contributed by atoms with E-state index in [9.17, 15) is 0 Å². The lowest BCUT2D eigenvalue weighted by Gasteiger charge is -2.17. The van der Waals surface area contributed by atoms with Crippen LogP contribution in [0, 0.1) is 13.8 Å². The first-order chi connectivity index (χ1) is 11.8. The molecule has 0 amide bonds. The number of anilines is 1. The maximum Gasteiger partial charge on any atom is 0.163 e. The molecule has 3 rings (SSSR count). The van der Waals surface area contributed by atoms with E-state index in [4.69, 9.17) is 4.98 Å². The van der Waals surface area contributed by atoms with Crippen LogP contribution in [0.5, 0.6) is 0 Å². The average molecular weight is 341 g/mol. The maximum atomic E-state index is 4.76. The van der Waals surface area contributed by atoms with E-state index >= 15 is 0 Å². The van der Waals surface area contributed by atoms with Gasteiger partial charge in [-0.2, -0.15) is 10.2 Å². The van der Waals surface area contributed by atoms with Gasteiger partial charge in [0.1, 0.15) is 11.6 Å². The predicted octanol–water partition coefficient (Wildman–Crippen LogP) is 3.49. The number of hydrogen-bond acceptors (Lipinski definition) is 5. The van der Waals surface area contributed by atoms with Gasteiger partial charge in [0.05, 0.1) is 23.3 Å². The van der Waals surface area contributed by atoms with Crippen molar-refractivity contribution in [1.82, 2.24) is 29.5 Å². The molecule has 0 spiro atoms. The van der Waals surface area contributed by atoms with E-state index in [0.717, 1.165) is 34.9 Å². The molecule has 0 aliphatic carbocycles. The van der Waals surface area contributed by atoms with Crippen molar-refractivity contribution >= 4 is 16.9 Å². The van der Waals surface area contributed by atoms with E-state index in [2.05, 4.69) is 62.0 Å². The number of fused-ring (bicyclic) bond motifs is 1. The fourth-order valence-electron chi connectivity index (χ4n) is 3.33. The molecule has 0 radical (unpaired) electrons. The normalized spacial score (nSPS) is 13.0. The predicted molar refractivity (Wildman–Crippen MR) is 99.8 cm³/mol. The Morgan fingerprint density at radius 1 is 1.16 bits per heavy atom. The molecule has 0 fully saturated rings. The van der Waals surface area contributed by atoms with Gasteiger partial charge in [-0.25, -0.2) is 9.97 Å². The Morgan fingerprint density at radius 3 is 2.48 bits per heavy atom. The van der Waals surface area contributed by atoms with E-state index in [1.807, 2.05) is 17.9 Å². The third-order valence-corrected chi connectivity index (χ3v) is 4.65. The van der Waals surface area contributed by atoms with Gasteiger partial charge >= 0.3 is 0 Å². The lowest BCUT2D eigenvalue weighted by Crippen LogP contribution is -2.12. The van der Waals surface area contributed by atoms with Gasteiger partial charge in [0.2, 0.25) is 0 Å². The van der Waals surface area contributed by atoms with Crippen molar-refractivity contribution in [2.24, 2.45) is 7.05 Å². The highest BCUT2D eigenvalue weighted by Gasteiger charge is 2.20. The van der Waals surface area contributed by atoms with Crippen LogP contribution in [-0.4, -0.2) is 29.5 Å². The molecule has 0 aliphatic rings. The zero-order chi connectivity index (χ0) is 18.3. The zero-order valence-corrected chi connectivity index (χ0v) is 16.1. The summed E-state index contributed by atoms with van der Waals surface area (Å²) in [6.07, 6.45) is 1.82. The fourth-order valence-corrected chi connectivity index (χ4v) is 3.33. The highest BCUT2D eigenvalue weighted by atomic mass is 15.3. The fraction of sp³-hybridized carbons (Fsp3) is 0.556. The minimum absolute atomic E-state index is 0.0959. The Morgan fingerprint density at radius 2 is 1.88 bits per heavy atom. The summed E-state index contributed by atoms with van der Waals surface area (Å²) in [7, 11) is 1.91.